The van der Waals surface area contributed by atoms with E-state index < -0.39 is 0 Å². The summed E-state index contributed by atoms with van der Waals surface area (Å²) in [5.74, 6) is 0. The van der Waals surface area contributed by atoms with E-state index in [0.29, 0.717) is 0 Å². The maximum atomic E-state index is 4.90. The Hall–Kier alpha value is -0.350. The van der Waals surface area contributed by atoms with Gasteiger partial charge in [-0.05, 0) is 15.9 Å². The summed E-state index contributed by atoms with van der Waals surface area (Å²) in [6.07, 6.45) is 3.66. The molecule has 1 aromatic rings. The van der Waals surface area contributed by atoms with Crippen molar-refractivity contribution < 1.29 is 4.74 Å². The molecular weight excluding hydrogens is 196 g/mol. The van der Waals surface area contributed by atoms with E-state index in [0.717, 1.165) is 17.9 Å². The highest BCUT2D eigenvalue weighted by Crippen LogP contribution is 2.04. The largest absolute Gasteiger partial charge is 0.383 e. The van der Waals surface area contributed by atoms with Crippen LogP contribution in [0.5, 0.6) is 0 Å². The van der Waals surface area contributed by atoms with E-state index in [1.807, 2.05) is 10.8 Å². The van der Waals surface area contributed by atoms with Crippen LogP contribution in [-0.4, -0.2) is 23.3 Å². The number of hydrogen-bond donors (Lipinski definition) is 0. The fraction of sp³-hybridized carbons (Fsp3) is 0.500. The minimum atomic E-state index is 0.717. The summed E-state index contributed by atoms with van der Waals surface area (Å²) >= 11 is 3.29. The van der Waals surface area contributed by atoms with Gasteiger partial charge in [0.2, 0.25) is 0 Å². The predicted octanol–water partition coefficient (Wildman–Crippen LogP) is 1.29. The second-order valence-corrected chi connectivity index (χ2v) is 2.59. The Kier molecular flexibility index (Phi) is 2.89. The number of ether oxygens (including phenoxy) is 1. The zero-order valence-electron chi connectivity index (χ0n) is 5.75. The number of imidazole rings is 1. The molecule has 10 heavy (non-hydrogen) atoms. The van der Waals surface area contributed by atoms with Gasteiger partial charge in [0, 0.05) is 26.0 Å². The van der Waals surface area contributed by atoms with Crippen LogP contribution in [0.25, 0.3) is 0 Å². The van der Waals surface area contributed by atoms with Crippen LogP contribution in [0.2, 0.25) is 0 Å². The number of methoxy groups -OCH3 is 1. The quantitative estimate of drug-likeness (QED) is 0.743. The van der Waals surface area contributed by atoms with Gasteiger partial charge in [-0.1, -0.05) is 0 Å². The highest BCUT2D eigenvalue weighted by atomic mass is 79.9. The van der Waals surface area contributed by atoms with Crippen LogP contribution >= 0.6 is 15.9 Å². The molecule has 0 atom stereocenters. The van der Waals surface area contributed by atoms with E-state index in [1.165, 1.54) is 0 Å². The first-order valence-corrected chi connectivity index (χ1v) is 3.79. The van der Waals surface area contributed by atoms with Crippen LogP contribution in [0.3, 0.4) is 0 Å². The van der Waals surface area contributed by atoms with E-state index in [4.69, 9.17) is 4.74 Å². The van der Waals surface area contributed by atoms with Crippen LogP contribution in [0.15, 0.2) is 17.1 Å². The van der Waals surface area contributed by atoms with Crippen LogP contribution in [0.1, 0.15) is 0 Å². The molecule has 0 amide bonds. The SMILES string of the molecule is COCCn1ccnc1Br. The maximum absolute atomic E-state index is 4.90. The van der Waals surface area contributed by atoms with Gasteiger partial charge in [-0.3, -0.25) is 0 Å². The molecule has 56 valence electrons. The van der Waals surface area contributed by atoms with Crippen molar-refractivity contribution in [2.24, 2.45) is 0 Å². The fourth-order valence-electron chi connectivity index (χ4n) is 0.667. The Morgan fingerprint density at radius 1 is 1.80 bits per heavy atom. The van der Waals surface area contributed by atoms with Crippen molar-refractivity contribution >= 4 is 15.9 Å². The molecule has 1 aromatic heterocycles. The molecule has 0 N–H and O–H groups in total. The van der Waals surface area contributed by atoms with Gasteiger partial charge in [0.25, 0.3) is 0 Å². The van der Waals surface area contributed by atoms with Gasteiger partial charge in [-0.15, -0.1) is 0 Å². The summed E-state index contributed by atoms with van der Waals surface area (Å²) in [6.45, 7) is 1.56. The number of hydrogen-bond acceptors (Lipinski definition) is 2. The van der Waals surface area contributed by atoms with Crippen molar-refractivity contribution in [3.63, 3.8) is 0 Å². The Bertz CT molecular complexity index is 199. The van der Waals surface area contributed by atoms with E-state index in [-0.39, 0.29) is 0 Å². The number of rotatable bonds is 3. The highest BCUT2D eigenvalue weighted by Gasteiger charge is 1.95. The molecule has 0 bridgehead atoms. The molecule has 1 rings (SSSR count). The molecule has 0 aliphatic carbocycles. The molecule has 0 aromatic carbocycles. The van der Waals surface area contributed by atoms with Crippen molar-refractivity contribution in [1.82, 2.24) is 9.55 Å². The lowest BCUT2D eigenvalue weighted by Crippen LogP contribution is -2.02. The average Bonchev–Trinajstić information content (AvgIpc) is 2.31. The van der Waals surface area contributed by atoms with E-state index in [2.05, 4.69) is 20.9 Å². The normalized spacial score (nSPS) is 10.2. The van der Waals surface area contributed by atoms with Gasteiger partial charge in [0.15, 0.2) is 4.73 Å². The van der Waals surface area contributed by atoms with Crippen molar-refractivity contribution in [2.75, 3.05) is 13.7 Å². The lowest BCUT2D eigenvalue weighted by molar-refractivity contribution is 0.186. The first-order chi connectivity index (χ1) is 4.84. The molecular formula is C6H9BrN2O. The molecule has 0 spiro atoms. The monoisotopic (exact) mass is 204 g/mol. The van der Waals surface area contributed by atoms with Crippen molar-refractivity contribution in [3.8, 4) is 0 Å². The summed E-state index contributed by atoms with van der Waals surface area (Å²) in [5.41, 5.74) is 0. The third kappa shape index (κ3) is 1.82. The average molecular weight is 205 g/mol. The van der Waals surface area contributed by atoms with Crippen LogP contribution in [0, 0.1) is 0 Å². The molecule has 1 heterocycles. The summed E-state index contributed by atoms with van der Waals surface area (Å²) < 4.78 is 7.73. The van der Waals surface area contributed by atoms with E-state index in [9.17, 15) is 0 Å². The maximum Gasteiger partial charge on any atom is 0.177 e. The highest BCUT2D eigenvalue weighted by molar-refractivity contribution is 9.10. The van der Waals surface area contributed by atoms with Gasteiger partial charge in [-0.25, -0.2) is 4.98 Å². The Labute approximate surface area is 68.1 Å². The van der Waals surface area contributed by atoms with Crippen LogP contribution in [0.4, 0.5) is 0 Å². The Morgan fingerprint density at radius 3 is 3.10 bits per heavy atom. The van der Waals surface area contributed by atoms with Gasteiger partial charge in [0.05, 0.1) is 6.61 Å². The second-order valence-electron chi connectivity index (χ2n) is 1.88. The standard InChI is InChI=1S/C6H9BrN2O/c1-10-5-4-9-3-2-8-6(9)7/h2-3H,4-5H2,1H3. The summed E-state index contributed by atoms with van der Waals surface area (Å²) in [5, 5.41) is 0. The first kappa shape index (κ1) is 7.75. The van der Waals surface area contributed by atoms with Gasteiger partial charge < -0.3 is 9.30 Å². The van der Waals surface area contributed by atoms with E-state index >= 15 is 0 Å². The minimum absolute atomic E-state index is 0.717. The molecule has 0 aliphatic heterocycles. The lowest BCUT2D eigenvalue weighted by atomic mass is 10.7. The fourth-order valence-corrected chi connectivity index (χ4v) is 1.08. The predicted molar refractivity (Wildman–Crippen MR) is 41.8 cm³/mol. The summed E-state index contributed by atoms with van der Waals surface area (Å²) in [6, 6.07) is 0. The number of halogens is 1. The molecule has 0 unspecified atom stereocenters. The number of aromatic nitrogens is 2. The van der Waals surface area contributed by atoms with Gasteiger partial charge >= 0.3 is 0 Å². The lowest BCUT2D eigenvalue weighted by Gasteiger charge is -2.00. The summed E-state index contributed by atoms with van der Waals surface area (Å²) in [7, 11) is 1.69. The van der Waals surface area contributed by atoms with Crippen molar-refractivity contribution in [2.45, 2.75) is 6.54 Å². The topological polar surface area (TPSA) is 27.1 Å². The molecule has 0 saturated heterocycles. The van der Waals surface area contributed by atoms with Gasteiger partial charge in [0.1, 0.15) is 0 Å². The molecule has 4 heteroatoms. The molecule has 0 fully saturated rings. The van der Waals surface area contributed by atoms with Crippen LogP contribution < -0.4 is 0 Å². The van der Waals surface area contributed by atoms with Gasteiger partial charge in [-0.2, -0.15) is 0 Å². The van der Waals surface area contributed by atoms with Crippen molar-refractivity contribution in [3.05, 3.63) is 17.1 Å². The Balaban J connectivity index is 2.49. The number of nitrogens with zero attached hydrogens (tertiary/aromatic N) is 2. The second kappa shape index (κ2) is 3.73. The third-order valence-electron chi connectivity index (χ3n) is 1.20. The molecule has 0 radical (unpaired) electrons. The molecule has 0 saturated carbocycles. The molecule has 3 nitrogen and oxygen atoms in total. The zero-order chi connectivity index (χ0) is 7.40. The smallest absolute Gasteiger partial charge is 0.177 e. The first-order valence-electron chi connectivity index (χ1n) is 3.00. The molecule has 0 aliphatic rings. The third-order valence-corrected chi connectivity index (χ3v) is 1.86. The zero-order valence-corrected chi connectivity index (χ0v) is 7.34. The van der Waals surface area contributed by atoms with Crippen LogP contribution in [-0.2, 0) is 11.3 Å². The summed E-state index contributed by atoms with van der Waals surface area (Å²) in [4.78, 5) is 3.99. The van der Waals surface area contributed by atoms with E-state index in [1.54, 1.807) is 13.3 Å². The van der Waals surface area contributed by atoms with Crippen molar-refractivity contribution in [1.29, 1.82) is 0 Å². The Morgan fingerprint density at radius 2 is 2.60 bits per heavy atom. The minimum Gasteiger partial charge on any atom is -0.383 e.